The molecule has 0 bridgehead atoms. The van der Waals surface area contributed by atoms with Gasteiger partial charge in [0.2, 0.25) is 0 Å². The van der Waals surface area contributed by atoms with Crippen LogP contribution in [0.4, 0.5) is 0 Å². The zero-order chi connectivity index (χ0) is 17.0. The molecule has 3 aliphatic rings. The van der Waals surface area contributed by atoms with Gasteiger partial charge in [-0.2, -0.15) is 0 Å². The molecule has 146 valence electrons. The second kappa shape index (κ2) is 9.71. The third-order valence-electron chi connectivity index (χ3n) is 5.75. The van der Waals surface area contributed by atoms with Crippen LogP contribution < -0.4 is 10.6 Å². The van der Waals surface area contributed by atoms with E-state index in [1.807, 2.05) is 7.05 Å². The first-order chi connectivity index (χ1) is 11.6. The normalized spacial score (nSPS) is 31.6. The fourth-order valence-electron chi connectivity index (χ4n) is 4.33. The minimum absolute atomic E-state index is 0. The van der Waals surface area contributed by atoms with E-state index in [0.29, 0.717) is 24.2 Å². The van der Waals surface area contributed by atoms with Crippen molar-refractivity contribution < 1.29 is 14.2 Å². The highest BCUT2D eigenvalue weighted by Crippen LogP contribution is 2.52. The molecule has 0 aromatic rings. The van der Waals surface area contributed by atoms with E-state index < -0.39 is 0 Å². The Hall–Kier alpha value is -0.120. The maximum absolute atomic E-state index is 5.90. The number of ether oxygens (including phenoxy) is 3. The monoisotopic (exact) mass is 467 g/mol. The first kappa shape index (κ1) is 21.2. The largest absolute Gasteiger partial charge is 0.381 e. The Morgan fingerprint density at radius 1 is 1.20 bits per heavy atom. The molecule has 6 nitrogen and oxygen atoms in total. The lowest BCUT2D eigenvalue weighted by molar-refractivity contribution is -0.106. The molecule has 1 aliphatic carbocycles. The summed E-state index contributed by atoms with van der Waals surface area (Å²) in [5.74, 6) is 1.51. The Morgan fingerprint density at radius 3 is 2.68 bits per heavy atom. The molecule has 2 aliphatic heterocycles. The van der Waals surface area contributed by atoms with Crippen molar-refractivity contribution in [2.75, 3.05) is 40.0 Å². The lowest BCUT2D eigenvalue weighted by Crippen LogP contribution is -2.68. The van der Waals surface area contributed by atoms with Crippen molar-refractivity contribution in [3.05, 3.63) is 0 Å². The Bertz CT molecular complexity index is 441. The van der Waals surface area contributed by atoms with E-state index >= 15 is 0 Å². The zero-order valence-electron chi connectivity index (χ0n) is 15.8. The van der Waals surface area contributed by atoms with Crippen molar-refractivity contribution in [2.24, 2.45) is 16.3 Å². The Kier molecular flexibility index (Phi) is 8.23. The summed E-state index contributed by atoms with van der Waals surface area (Å²) in [5.41, 5.74) is 0.172. The van der Waals surface area contributed by atoms with Crippen LogP contribution in [0.2, 0.25) is 0 Å². The van der Waals surface area contributed by atoms with Crippen molar-refractivity contribution >= 4 is 29.9 Å². The van der Waals surface area contributed by atoms with Crippen molar-refractivity contribution in [2.45, 2.75) is 57.8 Å². The fourth-order valence-corrected chi connectivity index (χ4v) is 4.33. The molecular formula is C18H34IN3O3. The van der Waals surface area contributed by atoms with Crippen molar-refractivity contribution in [1.29, 1.82) is 0 Å². The van der Waals surface area contributed by atoms with Gasteiger partial charge in [-0.1, -0.05) is 13.8 Å². The third kappa shape index (κ3) is 4.99. The van der Waals surface area contributed by atoms with Crippen LogP contribution >= 0.6 is 24.0 Å². The first-order valence-corrected chi connectivity index (χ1v) is 9.41. The Labute approximate surface area is 168 Å². The molecule has 7 heteroatoms. The van der Waals surface area contributed by atoms with Gasteiger partial charge in [0.25, 0.3) is 0 Å². The first-order valence-electron chi connectivity index (χ1n) is 9.41. The molecular weight excluding hydrogens is 433 g/mol. The lowest BCUT2D eigenvalue weighted by Gasteiger charge is -2.54. The van der Waals surface area contributed by atoms with Crippen LogP contribution in [-0.2, 0) is 14.2 Å². The molecule has 2 heterocycles. The number of guanidine groups is 1. The summed E-state index contributed by atoms with van der Waals surface area (Å²) < 4.78 is 17.1. The molecule has 0 amide bonds. The van der Waals surface area contributed by atoms with Crippen LogP contribution in [0.25, 0.3) is 0 Å². The SMILES string of the molecule is CN=C(NCCCOC1CCOCC1)NC1C2CCOC2C1(C)C.I. The molecule has 0 radical (unpaired) electrons. The number of nitrogens with one attached hydrogen (secondary N) is 2. The van der Waals surface area contributed by atoms with E-state index in [4.69, 9.17) is 14.2 Å². The summed E-state index contributed by atoms with van der Waals surface area (Å²) in [6, 6.07) is 0.440. The molecule has 0 aromatic carbocycles. The fraction of sp³-hybridized carbons (Fsp3) is 0.944. The molecule has 1 saturated carbocycles. The Balaban J connectivity index is 0.00000225. The topological polar surface area (TPSA) is 64.1 Å². The van der Waals surface area contributed by atoms with Gasteiger partial charge in [-0.25, -0.2) is 0 Å². The van der Waals surface area contributed by atoms with Crippen LogP contribution in [-0.4, -0.2) is 64.2 Å². The predicted molar refractivity (Wildman–Crippen MR) is 110 cm³/mol. The number of aliphatic imine (C=N–C) groups is 1. The van der Waals surface area contributed by atoms with Crippen molar-refractivity contribution in [1.82, 2.24) is 10.6 Å². The summed E-state index contributed by atoms with van der Waals surface area (Å²) in [7, 11) is 1.84. The molecule has 3 fully saturated rings. The average molecular weight is 467 g/mol. The number of halogens is 1. The minimum Gasteiger partial charge on any atom is -0.381 e. The summed E-state index contributed by atoms with van der Waals surface area (Å²) in [6.45, 7) is 8.80. The van der Waals surface area contributed by atoms with E-state index in [-0.39, 0.29) is 29.4 Å². The number of rotatable bonds is 6. The van der Waals surface area contributed by atoms with Gasteiger partial charge in [0.15, 0.2) is 5.96 Å². The van der Waals surface area contributed by atoms with Crippen molar-refractivity contribution in [3.8, 4) is 0 Å². The van der Waals surface area contributed by atoms with Gasteiger partial charge in [0, 0.05) is 57.4 Å². The summed E-state index contributed by atoms with van der Waals surface area (Å²) in [4.78, 5) is 4.37. The second-order valence-corrected chi connectivity index (χ2v) is 7.72. The predicted octanol–water partition coefficient (Wildman–Crippen LogP) is 2.17. The maximum atomic E-state index is 5.90. The van der Waals surface area contributed by atoms with Gasteiger partial charge in [-0.3, -0.25) is 4.99 Å². The van der Waals surface area contributed by atoms with E-state index in [9.17, 15) is 0 Å². The standard InChI is InChI=1S/C18H33N3O3.HI/c1-18(2)15(14-7-12-24-16(14)18)21-17(19-3)20-8-4-9-23-13-5-10-22-11-6-13;/h13-16H,4-12H2,1-3H3,(H2,19,20,21);1H. The summed E-state index contributed by atoms with van der Waals surface area (Å²) >= 11 is 0. The highest BCUT2D eigenvalue weighted by molar-refractivity contribution is 14.0. The number of nitrogens with zero attached hydrogens (tertiary/aromatic N) is 1. The third-order valence-corrected chi connectivity index (χ3v) is 5.75. The number of hydrogen-bond acceptors (Lipinski definition) is 4. The van der Waals surface area contributed by atoms with E-state index in [2.05, 4.69) is 29.5 Å². The van der Waals surface area contributed by atoms with Crippen LogP contribution in [0.1, 0.15) is 39.5 Å². The number of hydrogen-bond donors (Lipinski definition) is 2. The van der Waals surface area contributed by atoms with Crippen molar-refractivity contribution in [3.63, 3.8) is 0 Å². The van der Waals surface area contributed by atoms with Crippen LogP contribution in [0.5, 0.6) is 0 Å². The Morgan fingerprint density at radius 2 is 1.96 bits per heavy atom. The molecule has 2 saturated heterocycles. The highest BCUT2D eigenvalue weighted by Gasteiger charge is 2.59. The average Bonchev–Trinajstić information content (AvgIpc) is 3.05. The summed E-state index contributed by atoms with van der Waals surface area (Å²) in [5, 5.41) is 7.02. The number of fused-ring (bicyclic) bond motifs is 1. The molecule has 3 unspecified atom stereocenters. The van der Waals surface area contributed by atoms with Gasteiger partial charge in [-0.15, -0.1) is 24.0 Å². The quantitative estimate of drug-likeness (QED) is 0.272. The van der Waals surface area contributed by atoms with E-state index in [1.54, 1.807) is 0 Å². The van der Waals surface area contributed by atoms with Crippen LogP contribution in [0.15, 0.2) is 4.99 Å². The van der Waals surface area contributed by atoms with Gasteiger partial charge in [0.05, 0.1) is 12.2 Å². The molecule has 3 rings (SSSR count). The lowest BCUT2D eigenvalue weighted by atomic mass is 9.57. The zero-order valence-corrected chi connectivity index (χ0v) is 18.1. The maximum Gasteiger partial charge on any atom is 0.191 e. The molecule has 0 aromatic heterocycles. The van der Waals surface area contributed by atoms with Gasteiger partial charge < -0.3 is 24.8 Å². The smallest absolute Gasteiger partial charge is 0.191 e. The van der Waals surface area contributed by atoms with Gasteiger partial charge in [-0.05, 0) is 25.7 Å². The second-order valence-electron chi connectivity index (χ2n) is 7.72. The molecule has 0 spiro atoms. The van der Waals surface area contributed by atoms with Crippen LogP contribution in [0.3, 0.4) is 0 Å². The molecule has 3 atom stereocenters. The molecule has 2 N–H and O–H groups in total. The summed E-state index contributed by atoms with van der Waals surface area (Å²) in [6.07, 6.45) is 4.98. The highest BCUT2D eigenvalue weighted by atomic mass is 127. The molecule has 25 heavy (non-hydrogen) atoms. The van der Waals surface area contributed by atoms with Gasteiger partial charge in [0.1, 0.15) is 0 Å². The minimum atomic E-state index is 0. The van der Waals surface area contributed by atoms with E-state index in [1.165, 1.54) is 0 Å². The van der Waals surface area contributed by atoms with Crippen LogP contribution in [0, 0.1) is 11.3 Å². The van der Waals surface area contributed by atoms with E-state index in [0.717, 1.165) is 64.6 Å². The van der Waals surface area contributed by atoms with Gasteiger partial charge >= 0.3 is 0 Å².